The highest BCUT2D eigenvalue weighted by atomic mass is 32.1. The lowest BCUT2D eigenvalue weighted by Crippen LogP contribution is -2.22. The second kappa shape index (κ2) is 8.52. The molecule has 0 N–H and O–H groups in total. The summed E-state index contributed by atoms with van der Waals surface area (Å²) < 4.78 is 7.52. The molecule has 1 amide bonds. The molecule has 1 heterocycles. The summed E-state index contributed by atoms with van der Waals surface area (Å²) in [5, 5.41) is 0. The molecule has 0 atom stereocenters. The Bertz CT molecular complexity index is 1080. The van der Waals surface area contributed by atoms with Gasteiger partial charge in [0.2, 0.25) is 0 Å². The standard InChI is InChI=1S/C22H24N2O3S/c1-14(2)17-8-6-16(7-9-17)12-20(25)23-22-24(13-21(26)27-4)18-10-5-15(3)11-19(18)28-22/h5-11,14H,12-13H2,1-4H3. The molecule has 1 aromatic heterocycles. The number of aromatic nitrogens is 1. The first-order chi connectivity index (χ1) is 13.4. The molecule has 2 aromatic carbocycles. The van der Waals surface area contributed by atoms with Crippen molar-refractivity contribution >= 4 is 33.4 Å². The van der Waals surface area contributed by atoms with Crippen LogP contribution >= 0.6 is 11.3 Å². The lowest BCUT2D eigenvalue weighted by molar-refractivity contribution is -0.141. The number of rotatable bonds is 5. The van der Waals surface area contributed by atoms with Gasteiger partial charge in [-0.1, -0.05) is 55.5 Å². The fraction of sp³-hybridized carbons (Fsp3) is 0.318. The number of amides is 1. The molecular weight excluding hydrogens is 372 g/mol. The van der Waals surface area contributed by atoms with Gasteiger partial charge in [0.05, 0.1) is 23.7 Å². The van der Waals surface area contributed by atoms with Gasteiger partial charge in [0.15, 0.2) is 4.80 Å². The van der Waals surface area contributed by atoms with E-state index < -0.39 is 0 Å². The summed E-state index contributed by atoms with van der Waals surface area (Å²) in [6, 6.07) is 14.0. The van der Waals surface area contributed by atoms with E-state index >= 15 is 0 Å². The zero-order chi connectivity index (χ0) is 20.3. The van der Waals surface area contributed by atoms with E-state index in [2.05, 4.69) is 18.8 Å². The van der Waals surface area contributed by atoms with E-state index in [-0.39, 0.29) is 24.8 Å². The van der Waals surface area contributed by atoms with Crippen molar-refractivity contribution in [1.82, 2.24) is 4.57 Å². The number of benzene rings is 2. The Hall–Kier alpha value is -2.73. The molecule has 6 heteroatoms. The number of esters is 1. The fourth-order valence-corrected chi connectivity index (χ4v) is 4.10. The SMILES string of the molecule is COC(=O)Cn1c(=NC(=O)Cc2ccc(C(C)C)cc2)sc2cc(C)ccc21. The lowest BCUT2D eigenvalue weighted by Gasteiger charge is -2.06. The molecule has 0 aliphatic carbocycles. The smallest absolute Gasteiger partial charge is 0.325 e. The number of hydrogen-bond donors (Lipinski definition) is 0. The Morgan fingerprint density at radius 3 is 2.50 bits per heavy atom. The summed E-state index contributed by atoms with van der Waals surface area (Å²) in [7, 11) is 1.35. The molecule has 0 saturated heterocycles. The van der Waals surface area contributed by atoms with Gasteiger partial charge in [-0.05, 0) is 41.7 Å². The van der Waals surface area contributed by atoms with E-state index in [1.54, 1.807) is 4.57 Å². The number of nitrogens with zero attached hydrogens (tertiary/aromatic N) is 2. The van der Waals surface area contributed by atoms with Gasteiger partial charge in [-0.25, -0.2) is 0 Å². The van der Waals surface area contributed by atoms with Crippen LogP contribution in [-0.2, 0) is 27.3 Å². The number of aryl methyl sites for hydroxylation is 1. The minimum Gasteiger partial charge on any atom is -0.468 e. The maximum absolute atomic E-state index is 12.6. The Labute approximate surface area is 168 Å². The highest BCUT2D eigenvalue weighted by Gasteiger charge is 2.12. The third-order valence-electron chi connectivity index (χ3n) is 4.58. The molecule has 28 heavy (non-hydrogen) atoms. The summed E-state index contributed by atoms with van der Waals surface area (Å²) in [5.41, 5.74) is 4.15. The normalized spacial score (nSPS) is 12.0. The van der Waals surface area contributed by atoms with Crippen molar-refractivity contribution in [3.63, 3.8) is 0 Å². The summed E-state index contributed by atoms with van der Waals surface area (Å²) in [6.07, 6.45) is 0.226. The zero-order valence-corrected chi connectivity index (χ0v) is 17.4. The zero-order valence-electron chi connectivity index (χ0n) is 16.6. The van der Waals surface area contributed by atoms with Crippen LogP contribution < -0.4 is 4.80 Å². The largest absolute Gasteiger partial charge is 0.468 e. The minimum atomic E-state index is -0.376. The van der Waals surface area contributed by atoms with Crippen LogP contribution in [0.1, 0.15) is 36.5 Å². The van der Waals surface area contributed by atoms with Gasteiger partial charge in [-0.15, -0.1) is 0 Å². The Morgan fingerprint density at radius 2 is 1.86 bits per heavy atom. The van der Waals surface area contributed by atoms with Crippen molar-refractivity contribution < 1.29 is 14.3 Å². The van der Waals surface area contributed by atoms with Crippen molar-refractivity contribution in [3.05, 3.63) is 64.0 Å². The molecule has 0 saturated carbocycles. The predicted octanol–water partition coefficient (Wildman–Crippen LogP) is 3.98. The van der Waals surface area contributed by atoms with Gasteiger partial charge >= 0.3 is 5.97 Å². The van der Waals surface area contributed by atoms with E-state index in [0.717, 1.165) is 21.3 Å². The third-order valence-corrected chi connectivity index (χ3v) is 5.62. The molecule has 3 rings (SSSR count). The Morgan fingerprint density at radius 1 is 1.14 bits per heavy atom. The van der Waals surface area contributed by atoms with Crippen LogP contribution in [0.2, 0.25) is 0 Å². The molecule has 0 fully saturated rings. The van der Waals surface area contributed by atoms with Crippen LogP contribution in [0.25, 0.3) is 10.2 Å². The second-order valence-corrected chi connectivity index (χ2v) is 8.11. The summed E-state index contributed by atoms with van der Waals surface area (Å²) in [6.45, 7) is 6.30. The van der Waals surface area contributed by atoms with Crippen LogP contribution in [-0.4, -0.2) is 23.6 Å². The third kappa shape index (κ3) is 4.57. The first kappa shape index (κ1) is 20.0. The highest BCUT2D eigenvalue weighted by molar-refractivity contribution is 7.16. The van der Waals surface area contributed by atoms with Crippen molar-refractivity contribution in [2.24, 2.45) is 4.99 Å². The topological polar surface area (TPSA) is 60.7 Å². The quantitative estimate of drug-likeness (QED) is 0.613. The lowest BCUT2D eigenvalue weighted by atomic mass is 10.0. The summed E-state index contributed by atoms with van der Waals surface area (Å²) >= 11 is 1.40. The number of carbonyl (C=O) groups excluding carboxylic acids is 2. The molecule has 0 radical (unpaired) electrons. The monoisotopic (exact) mass is 396 g/mol. The second-order valence-electron chi connectivity index (χ2n) is 7.10. The van der Waals surface area contributed by atoms with Crippen LogP contribution in [0.5, 0.6) is 0 Å². The number of hydrogen-bond acceptors (Lipinski definition) is 4. The Balaban J connectivity index is 1.94. The number of methoxy groups -OCH3 is 1. The van der Waals surface area contributed by atoms with E-state index in [9.17, 15) is 9.59 Å². The maximum Gasteiger partial charge on any atom is 0.325 e. The van der Waals surface area contributed by atoms with Crippen LogP contribution in [0.15, 0.2) is 47.5 Å². The van der Waals surface area contributed by atoms with Crippen LogP contribution in [0.4, 0.5) is 0 Å². The van der Waals surface area contributed by atoms with Gasteiger partial charge in [0.25, 0.3) is 5.91 Å². The van der Waals surface area contributed by atoms with Crippen LogP contribution in [0, 0.1) is 6.92 Å². The molecule has 3 aromatic rings. The first-order valence-corrected chi connectivity index (χ1v) is 10.0. The average molecular weight is 397 g/mol. The molecule has 5 nitrogen and oxygen atoms in total. The van der Waals surface area contributed by atoms with E-state index in [1.165, 1.54) is 24.0 Å². The van der Waals surface area contributed by atoms with Crippen molar-refractivity contribution in [2.75, 3.05) is 7.11 Å². The Kier molecular flexibility index (Phi) is 6.09. The van der Waals surface area contributed by atoms with Crippen LogP contribution in [0.3, 0.4) is 0 Å². The number of ether oxygens (including phenoxy) is 1. The van der Waals surface area contributed by atoms with E-state index in [1.807, 2.05) is 49.4 Å². The molecule has 0 aliphatic rings. The molecule has 0 spiro atoms. The van der Waals surface area contributed by atoms with Crippen molar-refractivity contribution in [2.45, 2.75) is 39.7 Å². The highest BCUT2D eigenvalue weighted by Crippen LogP contribution is 2.19. The number of carbonyl (C=O) groups is 2. The van der Waals surface area contributed by atoms with Crippen molar-refractivity contribution in [1.29, 1.82) is 0 Å². The predicted molar refractivity (Wildman–Crippen MR) is 111 cm³/mol. The molecule has 0 aliphatic heterocycles. The van der Waals surface area contributed by atoms with Gasteiger partial charge in [0.1, 0.15) is 6.54 Å². The van der Waals surface area contributed by atoms with Gasteiger partial charge in [-0.3, -0.25) is 9.59 Å². The van der Waals surface area contributed by atoms with Gasteiger partial charge in [-0.2, -0.15) is 4.99 Å². The fourth-order valence-electron chi connectivity index (χ4n) is 2.95. The van der Waals surface area contributed by atoms with E-state index in [0.29, 0.717) is 10.7 Å². The summed E-state index contributed by atoms with van der Waals surface area (Å²) in [4.78, 5) is 29.2. The minimum absolute atomic E-state index is 0.0226. The number of fused-ring (bicyclic) bond motifs is 1. The first-order valence-electron chi connectivity index (χ1n) is 9.20. The summed E-state index contributed by atoms with van der Waals surface area (Å²) in [5.74, 6) is -0.161. The molecule has 146 valence electrons. The van der Waals surface area contributed by atoms with E-state index in [4.69, 9.17) is 4.74 Å². The van der Waals surface area contributed by atoms with Crippen molar-refractivity contribution in [3.8, 4) is 0 Å². The van der Waals surface area contributed by atoms with Gasteiger partial charge in [0, 0.05) is 0 Å². The number of thiazole rings is 1. The van der Waals surface area contributed by atoms with Gasteiger partial charge < -0.3 is 9.30 Å². The molecule has 0 unspecified atom stereocenters. The average Bonchev–Trinajstić information content (AvgIpc) is 2.97. The molecule has 0 bridgehead atoms. The molecular formula is C22H24N2O3S. The maximum atomic E-state index is 12.6.